The second-order valence-corrected chi connectivity index (χ2v) is 4.01. The van der Waals surface area contributed by atoms with Gasteiger partial charge < -0.3 is 4.74 Å². The van der Waals surface area contributed by atoms with Gasteiger partial charge in [-0.2, -0.15) is 0 Å². The van der Waals surface area contributed by atoms with Crippen LogP contribution in [0, 0.1) is 0 Å². The number of esters is 1. The Hall–Kier alpha value is -2.17. The summed E-state index contributed by atoms with van der Waals surface area (Å²) in [5.74, 6) is -0.841. The van der Waals surface area contributed by atoms with E-state index >= 15 is 0 Å². The number of benzene rings is 1. The number of amides is 2. The number of carbonyl (C=O) groups excluding carboxylic acids is 3. The Morgan fingerprint density at radius 2 is 1.67 bits per heavy atom. The van der Waals surface area contributed by atoms with Gasteiger partial charge in [-0.1, -0.05) is 0 Å². The van der Waals surface area contributed by atoms with Gasteiger partial charge in [0.2, 0.25) is 11.8 Å². The Morgan fingerprint density at radius 3 is 2.17 bits per heavy atom. The average molecular weight is 247 g/mol. The summed E-state index contributed by atoms with van der Waals surface area (Å²) in [7, 11) is 1.30. The van der Waals surface area contributed by atoms with E-state index in [1.807, 2.05) is 0 Å². The van der Waals surface area contributed by atoms with Crippen molar-refractivity contribution in [3.05, 3.63) is 29.8 Å². The van der Waals surface area contributed by atoms with E-state index in [-0.39, 0.29) is 11.8 Å². The number of imide groups is 1. The molecule has 0 unspecified atom stereocenters. The normalized spacial score (nSPS) is 15.7. The number of methoxy groups -OCH3 is 1. The maximum atomic E-state index is 11.7. The van der Waals surface area contributed by atoms with Crippen molar-refractivity contribution in [2.24, 2.45) is 0 Å². The lowest BCUT2D eigenvalue weighted by Crippen LogP contribution is -2.40. The molecule has 1 aromatic carbocycles. The number of hydrogen-bond acceptors (Lipinski definition) is 4. The molecule has 0 bridgehead atoms. The third-order valence-electron chi connectivity index (χ3n) is 2.83. The Labute approximate surface area is 104 Å². The molecule has 1 aromatic rings. The molecule has 18 heavy (non-hydrogen) atoms. The van der Waals surface area contributed by atoms with Gasteiger partial charge in [-0.05, 0) is 30.7 Å². The lowest BCUT2D eigenvalue weighted by molar-refractivity contribution is -0.129. The first-order valence-electron chi connectivity index (χ1n) is 5.67. The molecule has 1 aliphatic heterocycles. The van der Waals surface area contributed by atoms with Gasteiger partial charge in [0.15, 0.2) is 0 Å². The van der Waals surface area contributed by atoms with Crippen LogP contribution in [0.15, 0.2) is 24.3 Å². The molecule has 1 aliphatic rings. The summed E-state index contributed by atoms with van der Waals surface area (Å²) in [6.45, 7) is 0. The number of rotatable bonds is 2. The Kier molecular flexibility index (Phi) is 3.41. The molecule has 2 amide bonds. The SMILES string of the molecule is COC(=O)c1ccc(N2C(=O)CCCC2=O)cc1. The molecule has 1 heterocycles. The molecule has 0 aliphatic carbocycles. The number of hydrogen-bond donors (Lipinski definition) is 0. The van der Waals surface area contributed by atoms with Crippen molar-refractivity contribution in [3.8, 4) is 0 Å². The third kappa shape index (κ3) is 2.25. The van der Waals surface area contributed by atoms with Crippen LogP contribution in [0.3, 0.4) is 0 Å². The smallest absolute Gasteiger partial charge is 0.337 e. The summed E-state index contributed by atoms with van der Waals surface area (Å²) in [5, 5.41) is 0. The zero-order valence-corrected chi connectivity index (χ0v) is 10.0. The van der Waals surface area contributed by atoms with Gasteiger partial charge in [0.05, 0.1) is 18.4 Å². The zero-order valence-electron chi connectivity index (χ0n) is 10.0. The standard InChI is InChI=1S/C13H13NO4/c1-18-13(17)9-5-7-10(8-6-9)14-11(15)3-2-4-12(14)16/h5-8H,2-4H2,1H3. The molecule has 5 nitrogen and oxygen atoms in total. The van der Waals surface area contributed by atoms with E-state index in [1.165, 1.54) is 24.1 Å². The Bertz CT molecular complexity index is 476. The van der Waals surface area contributed by atoms with Gasteiger partial charge in [0.1, 0.15) is 0 Å². The molecule has 5 heteroatoms. The quantitative estimate of drug-likeness (QED) is 0.587. The minimum atomic E-state index is -0.446. The summed E-state index contributed by atoms with van der Waals surface area (Å²) in [6.07, 6.45) is 1.36. The van der Waals surface area contributed by atoms with Gasteiger partial charge in [0.25, 0.3) is 0 Å². The fourth-order valence-corrected chi connectivity index (χ4v) is 1.91. The van der Waals surface area contributed by atoms with Crippen LogP contribution in [0.4, 0.5) is 5.69 Å². The van der Waals surface area contributed by atoms with Gasteiger partial charge in [0, 0.05) is 12.8 Å². The highest BCUT2D eigenvalue weighted by atomic mass is 16.5. The predicted octanol–water partition coefficient (Wildman–Crippen LogP) is 1.52. The Morgan fingerprint density at radius 1 is 1.11 bits per heavy atom. The molecule has 0 spiro atoms. The van der Waals surface area contributed by atoms with Crippen LogP contribution in [0.1, 0.15) is 29.6 Å². The molecule has 1 fully saturated rings. The topological polar surface area (TPSA) is 63.7 Å². The lowest BCUT2D eigenvalue weighted by Gasteiger charge is -2.24. The van der Waals surface area contributed by atoms with E-state index in [0.717, 1.165) is 0 Å². The van der Waals surface area contributed by atoms with Crippen LogP contribution in [0.5, 0.6) is 0 Å². The van der Waals surface area contributed by atoms with Gasteiger partial charge in [-0.3, -0.25) is 14.5 Å². The molecule has 94 valence electrons. The van der Waals surface area contributed by atoms with Gasteiger partial charge in [-0.25, -0.2) is 4.79 Å². The summed E-state index contributed by atoms with van der Waals surface area (Å²) in [6, 6.07) is 6.23. The van der Waals surface area contributed by atoms with E-state index in [1.54, 1.807) is 12.1 Å². The summed E-state index contributed by atoms with van der Waals surface area (Å²) in [5.41, 5.74) is 0.885. The number of carbonyl (C=O) groups is 3. The van der Waals surface area contributed by atoms with Crippen LogP contribution in [-0.4, -0.2) is 24.9 Å². The van der Waals surface area contributed by atoms with Crippen molar-refractivity contribution >= 4 is 23.5 Å². The van der Waals surface area contributed by atoms with Gasteiger partial charge >= 0.3 is 5.97 Å². The summed E-state index contributed by atoms with van der Waals surface area (Å²) >= 11 is 0. The van der Waals surface area contributed by atoms with Crippen LogP contribution >= 0.6 is 0 Å². The minimum absolute atomic E-state index is 0.197. The Balaban J connectivity index is 2.25. The first-order chi connectivity index (χ1) is 8.63. The lowest BCUT2D eigenvalue weighted by atomic mass is 10.1. The van der Waals surface area contributed by atoms with Crippen molar-refractivity contribution in [3.63, 3.8) is 0 Å². The largest absolute Gasteiger partial charge is 0.465 e. The molecular formula is C13H13NO4. The number of piperidine rings is 1. The molecular weight excluding hydrogens is 234 g/mol. The fraction of sp³-hybridized carbons (Fsp3) is 0.308. The minimum Gasteiger partial charge on any atom is -0.465 e. The zero-order chi connectivity index (χ0) is 13.1. The van der Waals surface area contributed by atoms with E-state index < -0.39 is 5.97 Å². The predicted molar refractivity (Wildman–Crippen MR) is 64.1 cm³/mol. The number of ether oxygens (including phenoxy) is 1. The van der Waals surface area contributed by atoms with E-state index in [0.29, 0.717) is 30.5 Å². The first kappa shape index (κ1) is 12.3. The second-order valence-electron chi connectivity index (χ2n) is 4.01. The van der Waals surface area contributed by atoms with E-state index in [4.69, 9.17) is 0 Å². The highest BCUT2D eigenvalue weighted by molar-refractivity contribution is 6.16. The molecule has 1 saturated heterocycles. The molecule has 0 N–H and O–H groups in total. The molecule has 0 atom stereocenters. The van der Waals surface area contributed by atoms with Crippen molar-refractivity contribution < 1.29 is 19.1 Å². The first-order valence-corrected chi connectivity index (χ1v) is 5.67. The highest BCUT2D eigenvalue weighted by Gasteiger charge is 2.27. The second kappa shape index (κ2) is 5.00. The number of nitrogens with zero attached hydrogens (tertiary/aromatic N) is 1. The molecule has 0 saturated carbocycles. The van der Waals surface area contributed by atoms with Gasteiger partial charge in [-0.15, -0.1) is 0 Å². The average Bonchev–Trinajstić information content (AvgIpc) is 2.38. The highest BCUT2D eigenvalue weighted by Crippen LogP contribution is 2.22. The molecule has 2 rings (SSSR count). The van der Waals surface area contributed by atoms with Crippen molar-refractivity contribution in [2.75, 3.05) is 12.0 Å². The van der Waals surface area contributed by atoms with E-state index in [9.17, 15) is 14.4 Å². The number of anilines is 1. The fourth-order valence-electron chi connectivity index (χ4n) is 1.91. The van der Waals surface area contributed by atoms with Crippen LogP contribution in [0.2, 0.25) is 0 Å². The van der Waals surface area contributed by atoms with Crippen molar-refractivity contribution in [1.29, 1.82) is 0 Å². The molecule has 0 radical (unpaired) electrons. The maximum absolute atomic E-state index is 11.7. The summed E-state index contributed by atoms with van der Waals surface area (Å²) < 4.78 is 4.58. The maximum Gasteiger partial charge on any atom is 0.337 e. The van der Waals surface area contributed by atoms with Crippen LogP contribution in [0.25, 0.3) is 0 Å². The third-order valence-corrected chi connectivity index (χ3v) is 2.83. The van der Waals surface area contributed by atoms with Crippen molar-refractivity contribution in [2.45, 2.75) is 19.3 Å². The monoisotopic (exact) mass is 247 g/mol. The van der Waals surface area contributed by atoms with Crippen LogP contribution < -0.4 is 4.90 Å². The van der Waals surface area contributed by atoms with Crippen LogP contribution in [-0.2, 0) is 14.3 Å². The van der Waals surface area contributed by atoms with Crippen molar-refractivity contribution in [1.82, 2.24) is 0 Å². The summed E-state index contributed by atoms with van der Waals surface area (Å²) in [4.78, 5) is 35.8. The van der Waals surface area contributed by atoms with E-state index in [2.05, 4.69) is 4.74 Å². The molecule has 0 aromatic heterocycles.